The van der Waals surface area contributed by atoms with Crippen molar-refractivity contribution in [2.45, 2.75) is 70.1 Å². The van der Waals surface area contributed by atoms with Gasteiger partial charge in [-0.25, -0.2) is 8.78 Å². The van der Waals surface area contributed by atoms with E-state index in [9.17, 15) is 10.4 Å². The van der Waals surface area contributed by atoms with E-state index >= 15 is 8.78 Å². The number of nitriles is 1. The second kappa shape index (κ2) is 11.3. The smallest absolute Gasteiger partial charge is 0.319 e. The first-order valence-corrected chi connectivity index (χ1v) is 17.7. The van der Waals surface area contributed by atoms with Gasteiger partial charge in [0.05, 0.1) is 37.9 Å². The number of rotatable bonds is 5. The maximum atomic E-state index is 17.3. The summed E-state index contributed by atoms with van der Waals surface area (Å²) in [7, 11) is 0. The van der Waals surface area contributed by atoms with Crippen LogP contribution in [0.15, 0.2) is 12.1 Å². The highest BCUT2D eigenvalue weighted by atomic mass is 35.5. The van der Waals surface area contributed by atoms with Crippen LogP contribution in [0.25, 0.3) is 32.1 Å². The third kappa shape index (κ3) is 4.72. The van der Waals surface area contributed by atoms with Crippen molar-refractivity contribution in [3.8, 4) is 29.0 Å². The molecule has 3 fully saturated rings. The molecule has 3 unspecified atom stereocenters. The average Bonchev–Trinajstić information content (AvgIpc) is 3.65. The zero-order valence-corrected chi connectivity index (χ0v) is 28.6. The van der Waals surface area contributed by atoms with E-state index in [2.05, 4.69) is 27.8 Å². The fraction of sp³-hybridized carbons (Fsp3) is 0.514. The maximum Gasteiger partial charge on any atom is 0.319 e. The number of benzene rings is 2. The van der Waals surface area contributed by atoms with Crippen molar-refractivity contribution in [2.24, 2.45) is 11.8 Å². The van der Waals surface area contributed by atoms with E-state index in [-0.39, 0.29) is 78.2 Å². The van der Waals surface area contributed by atoms with Crippen LogP contribution in [0.1, 0.15) is 58.4 Å². The molecule has 6 heterocycles. The van der Waals surface area contributed by atoms with Gasteiger partial charge >= 0.3 is 6.01 Å². The van der Waals surface area contributed by atoms with Crippen molar-refractivity contribution >= 4 is 54.7 Å². The number of fused-ring (bicyclic) bond motifs is 4. The van der Waals surface area contributed by atoms with Crippen LogP contribution in [0.5, 0.6) is 11.8 Å². The number of nitrogen functional groups attached to an aromatic ring is 1. The van der Waals surface area contributed by atoms with Crippen LogP contribution in [-0.4, -0.2) is 70.0 Å². The van der Waals surface area contributed by atoms with E-state index in [0.717, 1.165) is 56.5 Å². The van der Waals surface area contributed by atoms with Crippen LogP contribution in [-0.2, 0) is 0 Å². The Morgan fingerprint density at radius 1 is 1.25 bits per heavy atom. The van der Waals surface area contributed by atoms with Gasteiger partial charge in [0.2, 0.25) is 0 Å². The number of anilines is 2. The second-order valence-electron chi connectivity index (χ2n) is 14.5. The Balaban J connectivity index is 1.35. The number of thiophene rings is 1. The van der Waals surface area contributed by atoms with Gasteiger partial charge in [0.1, 0.15) is 41.4 Å². The summed E-state index contributed by atoms with van der Waals surface area (Å²) >= 11 is 8.03. The number of piperidine rings is 1. The molecule has 0 radical (unpaired) electrons. The molecule has 0 bridgehead atoms. The fourth-order valence-electron chi connectivity index (χ4n) is 8.93. The van der Waals surface area contributed by atoms with Gasteiger partial charge < -0.3 is 25.2 Å². The third-order valence-corrected chi connectivity index (χ3v) is 12.4. The number of hydrogen-bond donors (Lipinski definition) is 2. The number of ether oxygens (including phenoxy) is 2. The zero-order chi connectivity index (χ0) is 33.7. The molecule has 4 atom stereocenters. The summed E-state index contributed by atoms with van der Waals surface area (Å²) in [6.07, 6.45) is 4.67. The fourth-order valence-corrected chi connectivity index (χ4v) is 10.2. The molecule has 4 aliphatic heterocycles. The van der Waals surface area contributed by atoms with E-state index < -0.39 is 17.2 Å². The second-order valence-corrected chi connectivity index (χ2v) is 15.9. The standard InChI is InChI=1S/C35H37ClF2N6O3S/c1-17-12-35(9-5-10-43(35)14-17)16-47-33-41-28-25-29(46-15-22-20(34(2,3)45)6-4-11-44(22)32(25)42-33)26(36)24(27(28)38)18-7-8-21(37)30-23(18)19(13-39)31(40)48-30/h7-8,17,20,22,45H,4-6,9-12,14-16,40H2,1-3H3/t17-,20?,22?,35?/m1/s1. The average molecular weight is 695 g/mol. The molecule has 2 aromatic carbocycles. The number of nitrogens with zero attached hydrogens (tertiary/aromatic N) is 5. The molecule has 0 saturated carbocycles. The summed E-state index contributed by atoms with van der Waals surface area (Å²) in [5.41, 5.74) is 5.13. The number of aliphatic hydroxyl groups is 1. The van der Waals surface area contributed by atoms with Crippen LogP contribution in [0, 0.1) is 34.8 Å². The Labute approximate surface area is 286 Å². The van der Waals surface area contributed by atoms with E-state index in [1.165, 1.54) is 12.1 Å². The molecule has 13 heteroatoms. The quantitative estimate of drug-likeness (QED) is 0.230. The third-order valence-electron chi connectivity index (χ3n) is 11.0. The SMILES string of the molecule is C[C@H]1CN2CCCC2(COc2nc3c4c(c(Cl)c(-c5ccc(F)c6sc(N)c(C#N)c56)c(F)c4n2)OCC2C(C(C)(C)O)CCCN32)C1. The minimum absolute atomic E-state index is 0.0415. The van der Waals surface area contributed by atoms with Crippen molar-refractivity contribution in [1.82, 2.24) is 14.9 Å². The lowest BCUT2D eigenvalue weighted by molar-refractivity contribution is -0.0135. The van der Waals surface area contributed by atoms with E-state index in [4.69, 9.17) is 31.8 Å². The highest BCUT2D eigenvalue weighted by molar-refractivity contribution is 7.23. The van der Waals surface area contributed by atoms with Crippen molar-refractivity contribution in [1.29, 1.82) is 5.26 Å². The van der Waals surface area contributed by atoms with E-state index in [1.807, 2.05) is 0 Å². The molecular formula is C35H37ClF2N6O3S. The summed E-state index contributed by atoms with van der Waals surface area (Å²) in [4.78, 5) is 14.2. The van der Waals surface area contributed by atoms with Crippen LogP contribution in [0.4, 0.5) is 19.6 Å². The lowest BCUT2D eigenvalue weighted by Crippen LogP contribution is -2.55. The van der Waals surface area contributed by atoms with Crippen molar-refractivity contribution in [2.75, 3.05) is 43.5 Å². The van der Waals surface area contributed by atoms with Crippen LogP contribution >= 0.6 is 22.9 Å². The molecule has 2 aromatic heterocycles. The topological polar surface area (TPSA) is 121 Å². The molecule has 252 valence electrons. The van der Waals surface area contributed by atoms with Crippen LogP contribution < -0.4 is 20.1 Å². The summed E-state index contributed by atoms with van der Waals surface area (Å²) in [6, 6.07) is 4.44. The molecule has 0 amide bonds. The highest BCUT2D eigenvalue weighted by Gasteiger charge is 2.48. The molecule has 0 spiro atoms. The van der Waals surface area contributed by atoms with Gasteiger partial charge in [-0.2, -0.15) is 15.2 Å². The first kappa shape index (κ1) is 31.7. The Bertz CT molecular complexity index is 2030. The predicted molar refractivity (Wildman–Crippen MR) is 183 cm³/mol. The first-order chi connectivity index (χ1) is 22.9. The van der Waals surface area contributed by atoms with Gasteiger partial charge in [0.15, 0.2) is 11.6 Å². The molecule has 8 rings (SSSR count). The lowest BCUT2D eigenvalue weighted by Gasteiger charge is -2.45. The molecule has 4 aromatic rings. The summed E-state index contributed by atoms with van der Waals surface area (Å²) < 4.78 is 45.3. The molecule has 0 aliphatic carbocycles. The number of aromatic nitrogens is 2. The van der Waals surface area contributed by atoms with Gasteiger partial charge in [-0.1, -0.05) is 24.6 Å². The summed E-state index contributed by atoms with van der Waals surface area (Å²) in [5.74, 6) is -0.332. The van der Waals surface area contributed by atoms with Crippen LogP contribution in [0.2, 0.25) is 5.02 Å². The van der Waals surface area contributed by atoms with Gasteiger partial charge in [0, 0.05) is 30.0 Å². The Morgan fingerprint density at radius 3 is 2.83 bits per heavy atom. The maximum absolute atomic E-state index is 17.3. The monoisotopic (exact) mass is 694 g/mol. The normalized spacial score (nSPS) is 25.5. The lowest BCUT2D eigenvalue weighted by atomic mass is 9.78. The predicted octanol–water partition coefficient (Wildman–Crippen LogP) is 6.90. The Morgan fingerprint density at radius 2 is 2.06 bits per heavy atom. The number of hydrogen-bond acceptors (Lipinski definition) is 10. The zero-order valence-electron chi connectivity index (χ0n) is 27.1. The van der Waals surface area contributed by atoms with Crippen LogP contribution in [0.3, 0.4) is 0 Å². The highest BCUT2D eigenvalue weighted by Crippen LogP contribution is 2.52. The molecule has 48 heavy (non-hydrogen) atoms. The molecule has 4 aliphatic rings. The summed E-state index contributed by atoms with van der Waals surface area (Å²) in [6.45, 7) is 9.02. The van der Waals surface area contributed by atoms with Gasteiger partial charge in [0.25, 0.3) is 0 Å². The minimum atomic E-state index is -1.02. The molecule has 3 N–H and O–H groups in total. The van der Waals surface area contributed by atoms with E-state index in [0.29, 0.717) is 30.3 Å². The Hall–Kier alpha value is -3.50. The first-order valence-electron chi connectivity index (χ1n) is 16.5. The number of halogens is 3. The van der Waals surface area contributed by atoms with Gasteiger partial charge in [-0.3, -0.25) is 4.90 Å². The van der Waals surface area contributed by atoms with Crippen molar-refractivity contribution < 1.29 is 23.4 Å². The molecular weight excluding hydrogens is 658 g/mol. The van der Waals surface area contributed by atoms with E-state index in [1.54, 1.807) is 13.8 Å². The summed E-state index contributed by atoms with van der Waals surface area (Å²) in [5, 5.41) is 21.8. The van der Waals surface area contributed by atoms with Crippen molar-refractivity contribution in [3.05, 3.63) is 34.4 Å². The Kier molecular flexibility index (Phi) is 7.45. The minimum Gasteiger partial charge on any atom is -0.489 e. The molecule has 9 nitrogen and oxygen atoms in total. The van der Waals surface area contributed by atoms with Gasteiger partial charge in [-0.15, -0.1) is 11.3 Å². The largest absolute Gasteiger partial charge is 0.489 e. The molecule has 3 saturated heterocycles. The number of nitrogens with two attached hydrogens (primary N) is 1. The van der Waals surface area contributed by atoms with Gasteiger partial charge in [-0.05, 0) is 70.0 Å². The van der Waals surface area contributed by atoms with Crippen molar-refractivity contribution in [3.63, 3.8) is 0 Å².